The molecule has 2 aromatic rings. The Morgan fingerprint density at radius 2 is 2.04 bits per heavy atom. The average molecular weight is 343 g/mol. The fraction of sp³-hybridized carbons (Fsp3) is 0.389. The molecule has 7 heteroatoms. The normalized spacial score (nSPS) is 15.1. The van der Waals surface area contributed by atoms with E-state index in [0.29, 0.717) is 31.1 Å². The predicted octanol–water partition coefficient (Wildman–Crippen LogP) is 1.96. The van der Waals surface area contributed by atoms with Crippen LogP contribution in [0.25, 0.3) is 5.69 Å². The van der Waals surface area contributed by atoms with Gasteiger partial charge < -0.3 is 19.3 Å². The van der Waals surface area contributed by atoms with Gasteiger partial charge in [0.05, 0.1) is 29.8 Å². The summed E-state index contributed by atoms with van der Waals surface area (Å²) in [4.78, 5) is 29.8. The Kier molecular flexibility index (Phi) is 5.14. The number of benzene rings is 1. The van der Waals surface area contributed by atoms with E-state index in [1.807, 2.05) is 0 Å². The molecule has 1 aromatic carbocycles. The lowest BCUT2D eigenvalue weighted by Crippen LogP contribution is -2.35. The first-order valence-corrected chi connectivity index (χ1v) is 8.24. The SMILES string of the molecule is CN(Cc1cn(-c2ccccc2C(=O)O)cn1)C(=O)C1CCOCC1. The summed E-state index contributed by atoms with van der Waals surface area (Å²) >= 11 is 0. The fourth-order valence-electron chi connectivity index (χ4n) is 3.03. The smallest absolute Gasteiger partial charge is 0.337 e. The lowest BCUT2D eigenvalue weighted by Gasteiger charge is -2.26. The molecule has 1 aliphatic heterocycles. The van der Waals surface area contributed by atoms with Crippen LogP contribution >= 0.6 is 0 Å². The third-order valence-electron chi connectivity index (χ3n) is 4.39. The summed E-state index contributed by atoms with van der Waals surface area (Å²) in [6, 6.07) is 6.75. The number of aromatic carboxylic acids is 1. The van der Waals surface area contributed by atoms with E-state index >= 15 is 0 Å². The maximum atomic E-state index is 12.5. The zero-order valence-corrected chi connectivity index (χ0v) is 14.1. The van der Waals surface area contributed by atoms with E-state index in [2.05, 4.69) is 4.98 Å². The van der Waals surface area contributed by atoms with Crippen LogP contribution in [0.5, 0.6) is 0 Å². The summed E-state index contributed by atoms with van der Waals surface area (Å²) in [5.41, 5.74) is 1.47. The molecule has 1 fully saturated rings. The number of hydrogen-bond acceptors (Lipinski definition) is 4. The molecule has 0 bridgehead atoms. The standard InChI is InChI=1S/C18H21N3O4/c1-20(17(22)13-6-8-25-9-7-13)10-14-11-21(12-19-14)16-5-3-2-4-15(16)18(23)24/h2-5,11-13H,6-10H2,1H3,(H,23,24). The number of imidazole rings is 1. The Labute approximate surface area is 145 Å². The van der Waals surface area contributed by atoms with Gasteiger partial charge in [-0.25, -0.2) is 9.78 Å². The number of carboxylic acids is 1. The Balaban J connectivity index is 1.71. The third kappa shape index (κ3) is 3.88. The van der Waals surface area contributed by atoms with Gasteiger partial charge in [0.1, 0.15) is 0 Å². The van der Waals surface area contributed by atoms with Crippen LogP contribution in [-0.4, -0.2) is 51.7 Å². The number of ether oxygens (including phenoxy) is 1. The summed E-state index contributed by atoms with van der Waals surface area (Å²) in [6.45, 7) is 1.65. The molecule has 0 unspecified atom stereocenters. The van der Waals surface area contributed by atoms with Crippen LogP contribution in [0.2, 0.25) is 0 Å². The van der Waals surface area contributed by atoms with Gasteiger partial charge in [0.2, 0.25) is 5.91 Å². The van der Waals surface area contributed by atoms with Crippen molar-refractivity contribution in [1.82, 2.24) is 14.5 Å². The van der Waals surface area contributed by atoms with E-state index in [9.17, 15) is 14.7 Å². The molecule has 0 aliphatic carbocycles. The van der Waals surface area contributed by atoms with E-state index in [1.165, 1.54) is 0 Å². The molecule has 1 aromatic heterocycles. The van der Waals surface area contributed by atoms with Crippen LogP contribution in [0, 0.1) is 5.92 Å². The van der Waals surface area contributed by atoms with Crippen molar-refractivity contribution in [1.29, 1.82) is 0 Å². The number of para-hydroxylation sites is 1. The van der Waals surface area contributed by atoms with Gasteiger partial charge in [0, 0.05) is 32.4 Å². The van der Waals surface area contributed by atoms with Crippen LogP contribution in [0.15, 0.2) is 36.8 Å². The average Bonchev–Trinajstić information content (AvgIpc) is 3.10. The number of hydrogen-bond donors (Lipinski definition) is 1. The number of carbonyl (C=O) groups excluding carboxylic acids is 1. The number of carboxylic acid groups (broad SMARTS) is 1. The van der Waals surface area contributed by atoms with Crippen molar-refractivity contribution < 1.29 is 19.4 Å². The van der Waals surface area contributed by atoms with Gasteiger partial charge in [-0.3, -0.25) is 4.79 Å². The summed E-state index contributed by atoms with van der Waals surface area (Å²) < 4.78 is 6.97. The highest BCUT2D eigenvalue weighted by atomic mass is 16.5. The first kappa shape index (κ1) is 17.2. The van der Waals surface area contributed by atoms with E-state index in [1.54, 1.807) is 53.3 Å². The predicted molar refractivity (Wildman–Crippen MR) is 90.5 cm³/mol. The molecule has 0 spiro atoms. The van der Waals surface area contributed by atoms with Crippen LogP contribution in [0.4, 0.5) is 0 Å². The van der Waals surface area contributed by atoms with E-state index < -0.39 is 5.97 Å². The minimum absolute atomic E-state index is 0.00794. The molecule has 0 atom stereocenters. The van der Waals surface area contributed by atoms with E-state index in [4.69, 9.17) is 4.74 Å². The van der Waals surface area contributed by atoms with E-state index in [0.717, 1.165) is 12.8 Å². The largest absolute Gasteiger partial charge is 0.478 e. The first-order valence-electron chi connectivity index (χ1n) is 8.24. The number of aromatic nitrogens is 2. The van der Waals surface area contributed by atoms with Crippen LogP contribution in [-0.2, 0) is 16.1 Å². The Morgan fingerprint density at radius 1 is 1.32 bits per heavy atom. The van der Waals surface area contributed by atoms with E-state index in [-0.39, 0.29) is 17.4 Å². The molecule has 3 rings (SSSR count). The fourth-order valence-corrected chi connectivity index (χ4v) is 3.03. The van der Waals surface area contributed by atoms with Gasteiger partial charge in [-0.15, -0.1) is 0 Å². The lowest BCUT2D eigenvalue weighted by atomic mass is 9.99. The molecule has 0 radical (unpaired) electrons. The highest BCUT2D eigenvalue weighted by molar-refractivity contribution is 5.91. The number of amides is 1. The Hall–Kier alpha value is -2.67. The van der Waals surface area contributed by atoms with Crippen LogP contribution in [0.1, 0.15) is 28.9 Å². The zero-order valence-electron chi connectivity index (χ0n) is 14.1. The van der Waals surface area contributed by atoms with Crippen LogP contribution in [0.3, 0.4) is 0 Å². The first-order chi connectivity index (χ1) is 12.1. The van der Waals surface area contributed by atoms with Crippen molar-refractivity contribution in [3.05, 3.63) is 48.0 Å². The minimum atomic E-state index is -0.988. The quantitative estimate of drug-likeness (QED) is 0.897. The molecule has 2 heterocycles. The van der Waals surface area contributed by atoms with Gasteiger partial charge in [-0.1, -0.05) is 12.1 Å². The molecule has 132 valence electrons. The summed E-state index contributed by atoms with van der Waals surface area (Å²) in [5.74, 6) is -0.880. The second-order valence-electron chi connectivity index (χ2n) is 6.18. The molecular weight excluding hydrogens is 322 g/mol. The summed E-state index contributed by atoms with van der Waals surface area (Å²) in [5, 5.41) is 9.30. The number of rotatable bonds is 5. The van der Waals surface area contributed by atoms with Gasteiger partial charge >= 0.3 is 5.97 Å². The molecule has 1 aliphatic rings. The number of nitrogens with zero attached hydrogens (tertiary/aromatic N) is 3. The maximum absolute atomic E-state index is 12.5. The van der Waals surface area contributed by atoms with Gasteiger partial charge in [0.15, 0.2) is 0 Å². The van der Waals surface area contributed by atoms with Crippen LogP contribution < -0.4 is 0 Å². The molecule has 25 heavy (non-hydrogen) atoms. The second kappa shape index (κ2) is 7.48. The second-order valence-corrected chi connectivity index (χ2v) is 6.18. The van der Waals surface area contributed by atoms with Crippen molar-refractivity contribution in [2.24, 2.45) is 5.92 Å². The summed E-state index contributed by atoms with van der Waals surface area (Å²) in [6.07, 6.45) is 4.84. The molecule has 0 saturated carbocycles. The van der Waals surface area contributed by atoms with Gasteiger partial charge in [-0.2, -0.15) is 0 Å². The minimum Gasteiger partial charge on any atom is -0.478 e. The van der Waals surface area contributed by atoms with Crippen molar-refractivity contribution in [3.63, 3.8) is 0 Å². The lowest BCUT2D eigenvalue weighted by molar-refractivity contribution is -0.137. The van der Waals surface area contributed by atoms with Crippen molar-refractivity contribution in [3.8, 4) is 5.69 Å². The van der Waals surface area contributed by atoms with Crippen molar-refractivity contribution >= 4 is 11.9 Å². The highest BCUT2D eigenvalue weighted by Crippen LogP contribution is 2.19. The molecule has 1 saturated heterocycles. The Morgan fingerprint density at radius 3 is 2.76 bits per heavy atom. The van der Waals surface area contributed by atoms with Gasteiger partial charge in [0.25, 0.3) is 0 Å². The molecule has 1 amide bonds. The topological polar surface area (TPSA) is 84.7 Å². The molecule has 7 nitrogen and oxygen atoms in total. The summed E-state index contributed by atoms with van der Waals surface area (Å²) in [7, 11) is 1.77. The van der Waals surface area contributed by atoms with Gasteiger partial charge in [-0.05, 0) is 25.0 Å². The zero-order chi connectivity index (χ0) is 17.8. The monoisotopic (exact) mass is 343 g/mol. The molecular formula is C18H21N3O4. The number of carbonyl (C=O) groups is 2. The Bertz CT molecular complexity index is 765. The molecule has 1 N–H and O–H groups in total. The maximum Gasteiger partial charge on any atom is 0.337 e. The highest BCUT2D eigenvalue weighted by Gasteiger charge is 2.24. The third-order valence-corrected chi connectivity index (χ3v) is 4.39. The van der Waals surface area contributed by atoms with Crippen molar-refractivity contribution in [2.75, 3.05) is 20.3 Å². The van der Waals surface area contributed by atoms with Crippen molar-refractivity contribution in [2.45, 2.75) is 19.4 Å².